The molecular weight excluding hydrogens is 214 g/mol. The van der Waals surface area contributed by atoms with Gasteiger partial charge in [0.05, 0.1) is 12.0 Å². The van der Waals surface area contributed by atoms with Crippen LogP contribution in [0, 0.1) is 0 Å². The van der Waals surface area contributed by atoms with Gasteiger partial charge in [0.2, 0.25) is 0 Å². The number of hydrogen-bond donors (Lipinski definition) is 1. The van der Waals surface area contributed by atoms with Crippen molar-refractivity contribution in [2.75, 3.05) is 5.73 Å². The van der Waals surface area contributed by atoms with Gasteiger partial charge in [-0.25, -0.2) is 0 Å². The molecule has 2 aliphatic rings. The molecule has 3 heteroatoms. The second-order valence-electron chi connectivity index (χ2n) is 5.20. The Morgan fingerprint density at radius 3 is 2.71 bits per heavy atom. The number of Topliss-reactive ketones (excluding diaryl/α,β-unsaturated/α-hetero) is 1. The number of nitrogens with two attached hydrogens (primary N) is 1. The van der Waals surface area contributed by atoms with E-state index >= 15 is 0 Å². The second-order valence-corrected chi connectivity index (χ2v) is 5.20. The largest absolute Gasteiger partial charge is 0.486 e. The molecule has 0 amide bonds. The first-order valence-corrected chi connectivity index (χ1v) is 6.30. The number of carbonyl (C=O) groups is 1. The monoisotopic (exact) mass is 231 g/mol. The maximum Gasteiger partial charge on any atom is 0.170 e. The lowest BCUT2D eigenvalue weighted by molar-refractivity contribution is 0.0136. The Kier molecular flexibility index (Phi) is 2.35. The van der Waals surface area contributed by atoms with E-state index in [9.17, 15) is 4.79 Å². The molecule has 3 nitrogen and oxygen atoms in total. The van der Waals surface area contributed by atoms with Crippen molar-refractivity contribution in [1.82, 2.24) is 0 Å². The van der Waals surface area contributed by atoms with Crippen LogP contribution in [-0.2, 0) is 0 Å². The highest BCUT2D eigenvalue weighted by Gasteiger charge is 2.41. The molecule has 1 aromatic rings. The van der Waals surface area contributed by atoms with Gasteiger partial charge in [-0.1, -0.05) is 6.42 Å². The third kappa shape index (κ3) is 1.79. The van der Waals surface area contributed by atoms with Gasteiger partial charge in [0, 0.05) is 5.69 Å². The zero-order valence-electron chi connectivity index (χ0n) is 9.87. The fourth-order valence-corrected chi connectivity index (χ4v) is 2.99. The Hall–Kier alpha value is -1.51. The SMILES string of the molecule is Nc1ccc2c(c1)C(=O)CC1(CCCCC1)O2. The quantitative estimate of drug-likeness (QED) is 0.698. The number of benzene rings is 1. The van der Waals surface area contributed by atoms with Crippen molar-refractivity contribution < 1.29 is 9.53 Å². The van der Waals surface area contributed by atoms with E-state index in [0.29, 0.717) is 17.7 Å². The van der Waals surface area contributed by atoms with E-state index in [1.807, 2.05) is 6.07 Å². The lowest BCUT2D eigenvalue weighted by atomic mass is 9.78. The van der Waals surface area contributed by atoms with Crippen LogP contribution in [0.25, 0.3) is 0 Å². The van der Waals surface area contributed by atoms with Crippen molar-refractivity contribution in [3.8, 4) is 5.75 Å². The van der Waals surface area contributed by atoms with Gasteiger partial charge >= 0.3 is 0 Å². The van der Waals surface area contributed by atoms with Crippen LogP contribution < -0.4 is 10.5 Å². The molecule has 90 valence electrons. The normalized spacial score (nSPS) is 22.0. The summed E-state index contributed by atoms with van der Waals surface area (Å²) in [6.07, 6.45) is 6.11. The minimum atomic E-state index is -0.224. The Morgan fingerprint density at radius 2 is 1.94 bits per heavy atom. The van der Waals surface area contributed by atoms with E-state index in [1.54, 1.807) is 12.1 Å². The molecule has 1 saturated carbocycles. The van der Waals surface area contributed by atoms with Crippen LogP contribution in [0.2, 0.25) is 0 Å². The van der Waals surface area contributed by atoms with Crippen molar-refractivity contribution in [2.24, 2.45) is 0 Å². The van der Waals surface area contributed by atoms with Crippen molar-refractivity contribution in [3.63, 3.8) is 0 Å². The fourth-order valence-electron chi connectivity index (χ4n) is 2.99. The Morgan fingerprint density at radius 1 is 1.18 bits per heavy atom. The van der Waals surface area contributed by atoms with Crippen LogP contribution in [-0.4, -0.2) is 11.4 Å². The number of ketones is 1. The zero-order valence-corrected chi connectivity index (χ0v) is 9.87. The average molecular weight is 231 g/mol. The first kappa shape index (κ1) is 10.6. The highest BCUT2D eigenvalue weighted by atomic mass is 16.5. The van der Waals surface area contributed by atoms with Gasteiger partial charge in [-0.05, 0) is 43.9 Å². The summed E-state index contributed by atoms with van der Waals surface area (Å²) in [6.45, 7) is 0. The van der Waals surface area contributed by atoms with Gasteiger partial charge in [0.1, 0.15) is 11.4 Å². The lowest BCUT2D eigenvalue weighted by Crippen LogP contribution is -2.43. The lowest BCUT2D eigenvalue weighted by Gasteiger charge is -2.40. The van der Waals surface area contributed by atoms with Crippen molar-refractivity contribution >= 4 is 11.5 Å². The average Bonchev–Trinajstić information content (AvgIpc) is 2.31. The van der Waals surface area contributed by atoms with Gasteiger partial charge in [0.15, 0.2) is 5.78 Å². The van der Waals surface area contributed by atoms with Gasteiger partial charge in [-0.15, -0.1) is 0 Å². The topological polar surface area (TPSA) is 52.3 Å². The molecule has 0 saturated heterocycles. The van der Waals surface area contributed by atoms with E-state index in [-0.39, 0.29) is 11.4 Å². The Balaban J connectivity index is 1.97. The number of carbonyl (C=O) groups excluding carboxylic acids is 1. The summed E-state index contributed by atoms with van der Waals surface area (Å²) in [4.78, 5) is 12.2. The van der Waals surface area contributed by atoms with Crippen LogP contribution in [0.15, 0.2) is 18.2 Å². The molecule has 0 bridgehead atoms. The van der Waals surface area contributed by atoms with E-state index in [1.165, 1.54) is 6.42 Å². The summed E-state index contributed by atoms with van der Waals surface area (Å²) in [5.74, 6) is 0.901. The highest BCUT2D eigenvalue weighted by molar-refractivity contribution is 6.01. The molecule has 0 atom stereocenters. The summed E-state index contributed by atoms with van der Waals surface area (Å²) < 4.78 is 6.11. The second kappa shape index (κ2) is 3.76. The predicted octanol–water partition coefficient (Wildman–Crippen LogP) is 2.94. The molecule has 1 fully saturated rings. The van der Waals surface area contributed by atoms with Crippen molar-refractivity contribution in [3.05, 3.63) is 23.8 Å². The minimum Gasteiger partial charge on any atom is -0.486 e. The van der Waals surface area contributed by atoms with Crippen molar-refractivity contribution in [2.45, 2.75) is 44.1 Å². The van der Waals surface area contributed by atoms with Crippen LogP contribution in [0.4, 0.5) is 5.69 Å². The molecule has 1 aromatic carbocycles. The molecule has 0 radical (unpaired) electrons. The van der Waals surface area contributed by atoms with E-state index < -0.39 is 0 Å². The van der Waals surface area contributed by atoms with Crippen LogP contribution in [0.3, 0.4) is 0 Å². The number of rotatable bonds is 0. The van der Waals surface area contributed by atoms with E-state index in [0.717, 1.165) is 31.4 Å². The Labute approximate surface area is 101 Å². The summed E-state index contributed by atoms with van der Waals surface area (Å²) in [6, 6.07) is 5.36. The molecule has 1 spiro atoms. The summed E-state index contributed by atoms with van der Waals surface area (Å²) >= 11 is 0. The van der Waals surface area contributed by atoms with Crippen LogP contribution in [0.1, 0.15) is 48.9 Å². The molecule has 17 heavy (non-hydrogen) atoms. The smallest absolute Gasteiger partial charge is 0.170 e. The molecule has 2 N–H and O–H groups in total. The van der Waals surface area contributed by atoms with Gasteiger partial charge in [-0.3, -0.25) is 4.79 Å². The van der Waals surface area contributed by atoms with Crippen LogP contribution >= 0.6 is 0 Å². The zero-order chi connectivity index (χ0) is 11.9. The molecule has 0 unspecified atom stereocenters. The van der Waals surface area contributed by atoms with Crippen LogP contribution in [0.5, 0.6) is 5.75 Å². The fraction of sp³-hybridized carbons (Fsp3) is 0.500. The molecule has 1 aliphatic carbocycles. The summed E-state index contributed by atoms with van der Waals surface area (Å²) in [7, 11) is 0. The van der Waals surface area contributed by atoms with Crippen molar-refractivity contribution in [1.29, 1.82) is 0 Å². The standard InChI is InChI=1S/C14H17NO2/c15-10-4-5-13-11(8-10)12(16)9-14(17-13)6-2-1-3-7-14/h4-5,8H,1-3,6-7,9,15H2. The molecule has 0 aromatic heterocycles. The minimum absolute atomic E-state index is 0.181. The highest BCUT2D eigenvalue weighted by Crippen LogP contribution is 2.42. The molecule has 1 aliphatic heterocycles. The predicted molar refractivity (Wildman–Crippen MR) is 66.2 cm³/mol. The van der Waals surface area contributed by atoms with E-state index in [2.05, 4.69) is 0 Å². The number of anilines is 1. The first-order chi connectivity index (χ1) is 8.19. The maximum atomic E-state index is 12.2. The number of hydrogen-bond acceptors (Lipinski definition) is 3. The Bertz CT molecular complexity index is 461. The van der Waals surface area contributed by atoms with Gasteiger partial charge in [-0.2, -0.15) is 0 Å². The summed E-state index contributed by atoms with van der Waals surface area (Å²) in [5.41, 5.74) is 6.76. The third-order valence-corrected chi connectivity index (χ3v) is 3.88. The molecule has 1 heterocycles. The number of fused-ring (bicyclic) bond motifs is 1. The van der Waals surface area contributed by atoms with Gasteiger partial charge < -0.3 is 10.5 Å². The van der Waals surface area contributed by atoms with E-state index in [4.69, 9.17) is 10.5 Å². The van der Waals surface area contributed by atoms with Gasteiger partial charge in [0.25, 0.3) is 0 Å². The third-order valence-electron chi connectivity index (χ3n) is 3.88. The molecular formula is C14H17NO2. The number of nitrogen functional groups attached to an aromatic ring is 1. The first-order valence-electron chi connectivity index (χ1n) is 6.30. The number of ether oxygens (including phenoxy) is 1. The molecule has 3 rings (SSSR count). The maximum absolute atomic E-state index is 12.2. The summed E-state index contributed by atoms with van der Waals surface area (Å²) in [5, 5.41) is 0.